The normalized spacial score (nSPS) is 18.1. The van der Waals surface area contributed by atoms with E-state index in [4.69, 9.17) is 0 Å². The molecule has 0 unspecified atom stereocenters. The number of carboxylic acids is 1. The fourth-order valence-electron chi connectivity index (χ4n) is 3.72. The number of piperidine rings is 1. The average molecular weight is 327 g/mol. The first-order chi connectivity index (χ1) is 11.6. The van der Waals surface area contributed by atoms with E-state index in [0.717, 1.165) is 55.7 Å². The van der Waals surface area contributed by atoms with Gasteiger partial charge in [-0.2, -0.15) is 0 Å². The SMILES string of the molecule is Cc1c(N2CCCCC2)ncc2c(=O)c(C(=O)O)cn(C3CC3)c12. The number of carbonyl (C=O) groups is 1. The Bertz CT molecular complexity index is 877. The average Bonchev–Trinajstić information content (AvgIpc) is 3.41. The number of nitrogens with zero attached hydrogens (tertiary/aromatic N) is 3. The highest BCUT2D eigenvalue weighted by Crippen LogP contribution is 2.38. The summed E-state index contributed by atoms with van der Waals surface area (Å²) in [6, 6.07) is 0.293. The van der Waals surface area contributed by atoms with Crippen LogP contribution in [0.15, 0.2) is 17.2 Å². The number of carboxylic acid groups (broad SMARTS) is 1. The Balaban J connectivity index is 1.97. The molecule has 1 N–H and O–H groups in total. The molecule has 0 spiro atoms. The van der Waals surface area contributed by atoms with E-state index in [9.17, 15) is 14.7 Å². The minimum Gasteiger partial charge on any atom is -0.477 e. The highest BCUT2D eigenvalue weighted by atomic mass is 16.4. The Morgan fingerprint density at radius 2 is 1.96 bits per heavy atom. The second-order valence-electron chi connectivity index (χ2n) is 6.83. The largest absolute Gasteiger partial charge is 0.477 e. The molecule has 1 saturated heterocycles. The van der Waals surface area contributed by atoms with E-state index in [1.807, 2.05) is 11.5 Å². The van der Waals surface area contributed by atoms with Crippen LogP contribution in [0.4, 0.5) is 5.82 Å². The Morgan fingerprint density at radius 1 is 1.25 bits per heavy atom. The van der Waals surface area contributed by atoms with Gasteiger partial charge in [0.1, 0.15) is 11.4 Å². The number of aromatic carboxylic acids is 1. The molecule has 6 nitrogen and oxygen atoms in total. The van der Waals surface area contributed by atoms with Crippen molar-refractivity contribution in [1.82, 2.24) is 9.55 Å². The molecule has 3 heterocycles. The van der Waals surface area contributed by atoms with Gasteiger partial charge in [0.2, 0.25) is 5.43 Å². The van der Waals surface area contributed by atoms with E-state index >= 15 is 0 Å². The molecule has 2 aromatic heterocycles. The highest BCUT2D eigenvalue weighted by Gasteiger charge is 2.28. The first-order valence-corrected chi connectivity index (χ1v) is 8.60. The molecule has 0 amide bonds. The van der Waals surface area contributed by atoms with E-state index in [1.54, 1.807) is 6.20 Å². The van der Waals surface area contributed by atoms with Crippen molar-refractivity contribution in [2.45, 2.75) is 45.1 Å². The van der Waals surface area contributed by atoms with Crippen LogP contribution in [0.5, 0.6) is 0 Å². The molecule has 1 aliphatic carbocycles. The summed E-state index contributed by atoms with van der Waals surface area (Å²) in [7, 11) is 0. The predicted octanol–water partition coefficient (Wildman–Crippen LogP) is 2.73. The molecule has 1 saturated carbocycles. The Hall–Kier alpha value is -2.37. The van der Waals surface area contributed by atoms with Crippen LogP contribution in [0.25, 0.3) is 10.9 Å². The van der Waals surface area contributed by atoms with Crippen LogP contribution in [-0.4, -0.2) is 33.7 Å². The van der Waals surface area contributed by atoms with E-state index in [1.165, 1.54) is 12.6 Å². The number of hydrogen-bond donors (Lipinski definition) is 1. The molecule has 126 valence electrons. The number of fused-ring (bicyclic) bond motifs is 1. The highest BCUT2D eigenvalue weighted by molar-refractivity contribution is 5.94. The van der Waals surface area contributed by atoms with Crippen molar-refractivity contribution in [3.8, 4) is 0 Å². The second kappa shape index (κ2) is 5.61. The maximum Gasteiger partial charge on any atom is 0.341 e. The van der Waals surface area contributed by atoms with Crippen LogP contribution in [-0.2, 0) is 0 Å². The number of rotatable bonds is 3. The van der Waals surface area contributed by atoms with Gasteiger partial charge in [-0.25, -0.2) is 9.78 Å². The lowest BCUT2D eigenvalue weighted by Gasteiger charge is -2.29. The monoisotopic (exact) mass is 327 g/mol. The molecule has 2 fully saturated rings. The minimum atomic E-state index is -1.17. The molecule has 0 aromatic carbocycles. The predicted molar refractivity (Wildman–Crippen MR) is 92.0 cm³/mol. The van der Waals surface area contributed by atoms with E-state index in [2.05, 4.69) is 9.88 Å². The summed E-state index contributed by atoms with van der Waals surface area (Å²) in [5.41, 5.74) is 1.23. The van der Waals surface area contributed by atoms with Gasteiger partial charge in [0.05, 0.1) is 10.9 Å². The van der Waals surface area contributed by atoms with Gasteiger partial charge in [-0.1, -0.05) is 0 Å². The van der Waals surface area contributed by atoms with Gasteiger partial charge in [-0.05, 0) is 39.0 Å². The van der Waals surface area contributed by atoms with Crippen molar-refractivity contribution in [1.29, 1.82) is 0 Å². The van der Waals surface area contributed by atoms with Crippen molar-refractivity contribution in [3.05, 3.63) is 33.7 Å². The van der Waals surface area contributed by atoms with Crippen LogP contribution in [0.2, 0.25) is 0 Å². The molecule has 0 bridgehead atoms. The first-order valence-electron chi connectivity index (χ1n) is 8.60. The summed E-state index contributed by atoms with van der Waals surface area (Å²) in [6.07, 6.45) is 8.71. The van der Waals surface area contributed by atoms with E-state index < -0.39 is 11.4 Å². The number of anilines is 1. The van der Waals surface area contributed by atoms with E-state index in [-0.39, 0.29) is 5.56 Å². The third-order valence-electron chi connectivity index (χ3n) is 5.10. The smallest absolute Gasteiger partial charge is 0.341 e. The quantitative estimate of drug-likeness (QED) is 0.938. The molecule has 2 aromatic rings. The third-order valence-corrected chi connectivity index (χ3v) is 5.10. The lowest BCUT2D eigenvalue weighted by Crippen LogP contribution is -2.31. The van der Waals surface area contributed by atoms with Crippen molar-refractivity contribution >= 4 is 22.7 Å². The van der Waals surface area contributed by atoms with Crippen LogP contribution in [0, 0.1) is 6.92 Å². The number of aryl methyl sites for hydroxylation is 1. The zero-order valence-electron chi connectivity index (χ0n) is 13.8. The Morgan fingerprint density at radius 3 is 2.58 bits per heavy atom. The molecule has 6 heteroatoms. The lowest BCUT2D eigenvalue weighted by atomic mass is 10.1. The van der Waals surface area contributed by atoms with Gasteiger partial charge in [0, 0.05) is 37.1 Å². The van der Waals surface area contributed by atoms with Gasteiger partial charge in [0.25, 0.3) is 0 Å². The fraction of sp³-hybridized carbons (Fsp3) is 0.500. The maximum absolute atomic E-state index is 12.6. The second-order valence-corrected chi connectivity index (χ2v) is 6.83. The molecule has 2 aliphatic rings. The van der Waals surface area contributed by atoms with Crippen LogP contribution in [0.3, 0.4) is 0 Å². The fourth-order valence-corrected chi connectivity index (χ4v) is 3.72. The topological polar surface area (TPSA) is 75.4 Å². The van der Waals surface area contributed by atoms with Gasteiger partial charge in [-0.15, -0.1) is 0 Å². The summed E-state index contributed by atoms with van der Waals surface area (Å²) in [5, 5.41) is 9.75. The molecular weight excluding hydrogens is 306 g/mol. The van der Waals surface area contributed by atoms with Gasteiger partial charge >= 0.3 is 5.97 Å². The number of aromatic nitrogens is 2. The standard InChI is InChI=1S/C18H21N3O3/c1-11-15-13(9-19-17(11)20-7-3-2-4-8-20)16(22)14(18(23)24)10-21(15)12-5-6-12/h9-10,12H,2-8H2,1H3,(H,23,24). The molecule has 1 aliphatic heterocycles. The molecular formula is C18H21N3O3. The lowest BCUT2D eigenvalue weighted by molar-refractivity contribution is 0.0695. The summed E-state index contributed by atoms with van der Waals surface area (Å²) < 4.78 is 1.99. The number of hydrogen-bond acceptors (Lipinski definition) is 4. The molecule has 4 rings (SSSR count). The molecule has 24 heavy (non-hydrogen) atoms. The maximum atomic E-state index is 12.6. The van der Waals surface area contributed by atoms with Crippen LogP contribution in [0.1, 0.15) is 54.1 Å². The van der Waals surface area contributed by atoms with Crippen molar-refractivity contribution in [2.24, 2.45) is 0 Å². The summed E-state index contributed by atoms with van der Waals surface area (Å²) in [5.74, 6) is -0.242. The van der Waals surface area contributed by atoms with Gasteiger partial charge in [-0.3, -0.25) is 4.79 Å². The molecule has 0 atom stereocenters. The Labute approximate surface area is 139 Å². The third kappa shape index (κ3) is 2.37. The van der Waals surface area contributed by atoms with Crippen molar-refractivity contribution in [3.63, 3.8) is 0 Å². The summed E-state index contributed by atoms with van der Waals surface area (Å²) in [6.45, 7) is 3.97. The van der Waals surface area contributed by atoms with Gasteiger partial charge in [0.15, 0.2) is 0 Å². The van der Waals surface area contributed by atoms with Gasteiger partial charge < -0.3 is 14.6 Å². The Kier molecular flexibility index (Phi) is 3.55. The van der Waals surface area contributed by atoms with Crippen LogP contribution < -0.4 is 10.3 Å². The summed E-state index contributed by atoms with van der Waals surface area (Å²) >= 11 is 0. The first kappa shape index (κ1) is 15.2. The molecule has 0 radical (unpaired) electrons. The van der Waals surface area contributed by atoms with Crippen molar-refractivity contribution < 1.29 is 9.90 Å². The minimum absolute atomic E-state index is 0.165. The van der Waals surface area contributed by atoms with Crippen molar-refractivity contribution in [2.75, 3.05) is 18.0 Å². The van der Waals surface area contributed by atoms with Crippen LogP contribution >= 0.6 is 0 Å². The summed E-state index contributed by atoms with van der Waals surface area (Å²) in [4.78, 5) is 30.8. The number of pyridine rings is 2. The zero-order valence-corrected chi connectivity index (χ0v) is 13.8. The van der Waals surface area contributed by atoms with E-state index in [0.29, 0.717) is 11.4 Å². The zero-order chi connectivity index (χ0) is 16.8.